The van der Waals surface area contributed by atoms with E-state index in [-0.39, 0.29) is 11.1 Å². The van der Waals surface area contributed by atoms with Crippen molar-refractivity contribution in [3.8, 4) is 0 Å². The summed E-state index contributed by atoms with van der Waals surface area (Å²) in [6, 6.07) is 0. The highest BCUT2D eigenvalue weighted by molar-refractivity contribution is 5.87. The van der Waals surface area contributed by atoms with E-state index >= 15 is 0 Å². The quantitative estimate of drug-likeness (QED) is 0.375. The first kappa shape index (κ1) is 26.1. The Bertz CT molecular complexity index is 529. The Morgan fingerprint density at radius 2 is 1.46 bits per heavy atom. The normalized spacial score (nSPS) is 12.5. The fourth-order valence-corrected chi connectivity index (χ4v) is 0.814. The monoisotopic (exact) mass is 400 g/mol. The summed E-state index contributed by atoms with van der Waals surface area (Å²) < 4.78 is 98.5. The second-order valence-electron chi connectivity index (χ2n) is 4.88. The zero-order valence-corrected chi connectivity index (χ0v) is 13.5. The average Bonchev–Trinajstić information content (AvgIpc) is 2.50. The van der Waals surface area contributed by atoms with Crippen LogP contribution in [0.15, 0.2) is 23.8 Å². The van der Waals surface area contributed by atoms with Crippen molar-refractivity contribution in [1.29, 1.82) is 0 Å². The molecule has 12 heteroatoms. The van der Waals surface area contributed by atoms with E-state index in [9.17, 15) is 44.7 Å². The van der Waals surface area contributed by atoms with Gasteiger partial charge in [-0.15, -0.1) is 0 Å². The molecule has 0 fully saturated rings. The number of aliphatic carboxylic acids is 1. The van der Waals surface area contributed by atoms with Gasteiger partial charge in [0.05, 0.1) is 0 Å². The van der Waals surface area contributed by atoms with Crippen LogP contribution in [0.2, 0.25) is 0 Å². The van der Waals surface area contributed by atoms with E-state index < -0.39 is 49.7 Å². The largest absolute Gasteiger partial charge is 0.478 e. The fourth-order valence-electron chi connectivity index (χ4n) is 0.814. The fraction of sp³-hybridized carbons (Fsp3) is 0.571. The first-order chi connectivity index (χ1) is 11.5. The molecule has 1 N–H and O–H groups in total. The lowest BCUT2D eigenvalue weighted by atomic mass is 10.2. The molecule has 0 aliphatic heterocycles. The Kier molecular flexibility index (Phi) is 10.8. The van der Waals surface area contributed by atoms with Crippen LogP contribution >= 0.6 is 0 Å². The number of carbonyl (C=O) groups excluding carboxylic acids is 1. The smallest absolute Gasteiger partial charge is 0.340 e. The molecule has 0 aromatic heterocycles. The number of alkyl halides is 8. The maximum atomic E-state index is 12.2. The molecule has 0 aliphatic rings. The number of carbonyl (C=O) groups is 2. The second-order valence-corrected chi connectivity index (χ2v) is 4.88. The van der Waals surface area contributed by atoms with Gasteiger partial charge in [-0.05, 0) is 13.8 Å². The highest BCUT2D eigenvalue weighted by Crippen LogP contribution is 2.27. The number of carboxylic acids is 1. The number of ether oxygens (including phenoxy) is 1. The molecule has 0 saturated heterocycles. The van der Waals surface area contributed by atoms with Gasteiger partial charge in [-0.3, -0.25) is 0 Å². The molecule has 0 unspecified atom stereocenters. The maximum Gasteiger partial charge on any atom is 0.340 e. The van der Waals surface area contributed by atoms with E-state index in [0.29, 0.717) is 6.08 Å². The van der Waals surface area contributed by atoms with Crippen LogP contribution in [0.3, 0.4) is 0 Å². The van der Waals surface area contributed by atoms with E-state index in [1.807, 2.05) is 0 Å². The van der Waals surface area contributed by atoms with E-state index in [4.69, 9.17) is 5.11 Å². The number of carboxylic acid groups (broad SMARTS) is 1. The minimum absolute atomic E-state index is 0.120. The molecular weight excluding hydrogens is 384 g/mol. The van der Waals surface area contributed by atoms with Gasteiger partial charge in [-0.25, -0.2) is 27.2 Å². The zero-order valence-electron chi connectivity index (χ0n) is 13.5. The molecule has 0 bridgehead atoms. The lowest BCUT2D eigenvalue weighted by molar-refractivity contribution is -0.176. The minimum atomic E-state index is -4.30. The number of esters is 1. The molecule has 152 valence electrons. The van der Waals surface area contributed by atoms with Crippen LogP contribution in [0.25, 0.3) is 0 Å². The predicted octanol–water partition coefficient (Wildman–Crippen LogP) is 4.31. The lowest BCUT2D eigenvalue weighted by Gasteiger charge is -2.14. The van der Waals surface area contributed by atoms with Gasteiger partial charge < -0.3 is 9.84 Å². The Balaban J connectivity index is 0. The molecule has 0 rings (SSSR count). The van der Waals surface area contributed by atoms with Gasteiger partial charge in [0.2, 0.25) is 0 Å². The summed E-state index contributed by atoms with van der Waals surface area (Å²) in [7, 11) is 0. The highest BCUT2D eigenvalue weighted by atomic mass is 19.3. The summed E-state index contributed by atoms with van der Waals surface area (Å²) in [5, 5.41) is 8.22. The molecule has 0 aliphatic carbocycles. The molecular formula is C14H16F8O4. The SMILES string of the molecule is C=C(C)C(=O)OCC(F)(F)C(F)F.CC(=CCC(F)(F)C(F)F)C(=O)O. The van der Waals surface area contributed by atoms with Crippen molar-refractivity contribution >= 4 is 11.9 Å². The summed E-state index contributed by atoms with van der Waals surface area (Å²) in [5.74, 6) is -11.0. The van der Waals surface area contributed by atoms with Gasteiger partial charge in [0.15, 0.2) is 6.61 Å². The molecule has 0 spiro atoms. The van der Waals surface area contributed by atoms with Crippen LogP contribution in [0.4, 0.5) is 35.1 Å². The predicted molar refractivity (Wildman–Crippen MR) is 73.7 cm³/mol. The summed E-state index contributed by atoms with van der Waals surface area (Å²) in [6.07, 6.45) is -8.30. The molecule has 0 saturated carbocycles. The first-order valence-corrected chi connectivity index (χ1v) is 6.59. The van der Waals surface area contributed by atoms with E-state index in [1.165, 1.54) is 6.92 Å². The van der Waals surface area contributed by atoms with Crippen LogP contribution in [-0.4, -0.2) is 48.3 Å². The lowest BCUT2D eigenvalue weighted by Crippen LogP contribution is -2.33. The van der Waals surface area contributed by atoms with Gasteiger partial charge in [0.25, 0.3) is 0 Å². The van der Waals surface area contributed by atoms with E-state index in [1.54, 1.807) is 0 Å². The van der Waals surface area contributed by atoms with E-state index in [2.05, 4.69) is 11.3 Å². The van der Waals surface area contributed by atoms with Gasteiger partial charge in [-0.1, -0.05) is 12.7 Å². The highest BCUT2D eigenvalue weighted by Gasteiger charge is 2.42. The third kappa shape index (κ3) is 10.7. The molecule has 0 radical (unpaired) electrons. The Hall–Kier alpha value is -2.14. The number of hydrogen-bond acceptors (Lipinski definition) is 3. The van der Waals surface area contributed by atoms with Crippen LogP contribution in [0.1, 0.15) is 20.3 Å². The van der Waals surface area contributed by atoms with Crippen molar-refractivity contribution in [2.75, 3.05) is 6.61 Å². The first-order valence-electron chi connectivity index (χ1n) is 6.59. The average molecular weight is 400 g/mol. The van der Waals surface area contributed by atoms with Crippen LogP contribution in [0.5, 0.6) is 0 Å². The van der Waals surface area contributed by atoms with Crippen molar-refractivity contribution in [3.05, 3.63) is 23.8 Å². The zero-order chi connectivity index (χ0) is 21.3. The minimum Gasteiger partial charge on any atom is -0.478 e. The van der Waals surface area contributed by atoms with Crippen molar-refractivity contribution < 1.29 is 54.6 Å². The Labute approximate surface area is 143 Å². The van der Waals surface area contributed by atoms with Gasteiger partial charge in [0.1, 0.15) is 0 Å². The van der Waals surface area contributed by atoms with Crippen molar-refractivity contribution in [2.45, 2.75) is 45.0 Å². The molecule has 0 atom stereocenters. The molecule has 0 aromatic rings. The number of rotatable bonds is 8. The Morgan fingerprint density at radius 1 is 1.04 bits per heavy atom. The molecule has 0 heterocycles. The standard InChI is InChI=1S/2C7H8F4O2/c1-4(2)5(12)13-3-7(10,11)6(8)9;1-4(5(12)13)2-3-7(10,11)6(8)9/h6H,1,3H2,2H3;2,6H,3H2,1H3,(H,12,13). The second kappa shape index (κ2) is 10.8. The van der Waals surface area contributed by atoms with Crippen LogP contribution in [0, 0.1) is 0 Å². The molecule has 4 nitrogen and oxygen atoms in total. The van der Waals surface area contributed by atoms with Crippen LogP contribution < -0.4 is 0 Å². The molecule has 0 aromatic carbocycles. The Morgan fingerprint density at radius 3 is 1.77 bits per heavy atom. The summed E-state index contributed by atoms with van der Waals surface area (Å²) in [4.78, 5) is 20.6. The third-order valence-electron chi connectivity index (χ3n) is 2.40. The van der Waals surface area contributed by atoms with Gasteiger partial charge in [0, 0.05) is 17.6 Å². The maximum absolute atomic E-state index is 12.2. The van der Waals surface area contributed by atoms with Crippen molar-refractivity contribution in [1.82, 2.24) is 0 Å². The summed E-state index contributed by atoms with van der Waals surface area (Å²) in [6.45, 7) is 3.75. The number of allylic oxidation sites excluding steroid dienone is 1. The van der Waals surface area contributed by atoms with E-state index in [0.717, 1.165) is 6.92 Å². The molecule has 0 amide bonds. The molecule has 26 heavy (non-hydrogen) atoms. The number of hydrogen-bond donors (Lipinski definition) is 1. The van der Waals surface area contributed by atoms with Gasteiger partial charge >= 0.3 is 36.6 Å². The topological polar surface area (TPSA) is 63.6 Å². The van der Waals surface area contributed by atoms with Crippen molar-refractivity contribution in [2.24, 2.45) is 0 Å². The third-order valence-corrected chi connectivity index (χ3v) is 2.40. The van der Waals surface area contributed by atoms with Gasteiger partial charge in [-0.2, -0.15) is 17.6 Å². The summed E-state index contributed by atoms with van der Waals surface area (Å²) >= 11 is 0. The van der Waals surface area contributed by atoms with Crippen LogP contribution in [-0.2, 0) is 14.3 Å². The summed E-state index contributed by atoms with van der Waals surface area (Å²) in [5.41, 5.74) is -0.495. The number of halogens is 8. The van der Waals surface area contributed by atoms with Crippen molar-refractivity contribution in [3.63, 3.8) is 0 Å².